The van der Waals surface area contributed by atoms with Crippen molar-refractivity contribution in [1.82, 2.24) is 5.32 Å². The summed E-state index contributed by atoms with van der Waals surface area (Å²) in [6.45, 7) is 1.81. The molecule has 0 spiro atoms. The quantitative estimate of drug-likeness (QED) is 0.495. The third-order valence-corrected chi connectivity index (χ3v) is 6.50. The molecule has 0 aliphatic carbocycles. The molecule has 3 rings (SSSR count). The maximum absolute atomic E-state index is 12.9. The van der Waals surface area contributed by atoms with Crippen molar-refractivity contribution in [2.75, 3.05) is 18.9 Å². The number of benzene rings is 3. The highest BCUT2D eigenvalue weighted by molar-refractivity contribution is 7.92. The number of sulfonamides is 1. The van der Waals surface area contributed by atoms with E-state index in [0.29, 0.717) is 11.5 Å². The van der Waals surface area contributed by atoms with Crippen LogP contribution in [0.2, 0.25) is 5.02 Å². The van der Waals surface area contributed by atoms with Gasteiger partial charge in [-0.05, 0) is 55.0 Å². The molecule has 1 atom stereocenters. The molecule has 3 aromatic rings. The molecule has 0 aromatic heterocycles. The average molecular weight is 475 g/mol. The van der Waals surface area contributed by atoms with Gasteiger partial charge in [-0.3, -0.25) is 9.52 Å². The fourth-order valence-corrected chi connectivity index (χ4v) is 4.33. The highest BCUT2D eigenvalue weighted by Crippen LogP contribution is 2.30. The van der Waals surface area contributed by atoms with Crippen LogP contribution in [-0.2, 0) is 10.0 Å². The Morgan fingerprint density at radius 3 is 2.28 bits per heavy atom. The Labute approximate surface area is 192 Å². The monoisotopic (exact) mass is 474 g/mol. The number of halogens is 1. The van der Waals surface area contributed by atoms with Gasteiger partial charge in [-0.15, -0.1) is 0 Å². The van der Waals surface area contributed by atoms with Crippen molar-refractivity contribution < 1.29 is 22.7 Å². The van der Waals surface area contributed by atoms with E-state index in [1.165, 1.54) is 37.4 Å². The summed E-state index contributed by atoms with van der Waals surface area (Å²) in [5.74, 6) is 0.677. The first kappa shape index (κ1) is 23.4. The number of carbonyl (C=O) groups excluding carboxylic acids is 1. The standard InChI is InChI=1S/C23H23ClN2O5S/c1-15(16-9-12-21(30-2)22(13-16)31-3)25-23(27)19-14-17(10-11-20(19)24)26-32(28,29)18-7-5-4-6-8-18/h4-15,26H,1-3H3,(H,25,27)/t15-/m0/s1. The normalized spacial score (nSPS) is 12.0. The van der Waals surface area contributed by atoms with Gasteiger partial charge in [0.2, 0.25) is 0 Å². The number of carbonyl (C=O) groups is 1. The second-order valence-corrected chi connectivity index (χ2v) is 9.01. The van der Waals surface area contributed by atoms with Gasteiger partial charge in [0, 0.05) is 5.69 Å². The maximum atomic E-state index is 12.9. The van der Waals surface area contributed by atoms with E-state index < -0.39 is 15.9 Å². The van der Waals surface area contributed by atoms with E-state index in [1.54, 1.807) is 37.4 Å². The molecule has 9 heteroatoms. The summed E-state index contributed by atoms with van der Waals surface area (Å²) < 4.78 is 38.2. The molecular formula is C23H23ClN2O5S. The van der Waals surface area contributed by atoms with Crippen molar-refractivity contribution >= 4 is 33.2 Å². The summed E-state index contributed by atoms with van der Waals surface area (Å²) in [6, 6.07) is 17.3. The predicted molar refractivity (Wildman–Crippen MR) is 124 cm³/mol. The zero-order valence-corrected chi connectivity index (χ0v) is 19.3. The summed E-state index contributed by atoms with van der Waals surface area (Å²) >= 11 is 6.22. The highest BCUT2D eigenvalue weighted by Gasteiger charge is 2.19. The number of rotatable bonds is 8. The molecule has 0 saturated heterocycles. The number of methoxy groups -OCH3 is 2. The second-order valence-electron chi connectivity index (χ2n) is 6.92. The van der Waals surface area contributed by atoms with E-state index in [9.17, 15) is 13.2 Å². The molecule has 0 unspecified atom stereocenters. The van der Waals surface area contributed by atoms with Crippen LogP contribution in [0.4, 0.5) is 5.69 Å². The van der Waals surface area contributed by atoms with Crippen LogP contribution in [0.25, 0.3) is 0 Å². The van der Waals surface area contributed by atoms with Crippen molar-refractivity contribution in [1.29, 1.82) is 0 Å². The minimum atomic E-state index is -3.80. The molecule has 2 N–H and O–H groups in total. The first-order chi connectivity index (χ1) is 15.2. The lowest BCUT2D eigenvalue weighted by atomic mass is 10.1. The Bertz CT molecular complexity index is 1220. The molecule has 3 aromatic carbocycles. The Morgan fingerprint density at radius 1 is 0.938 bits per heavy atom. The van der Waals surface area contributed by atoms with Gasteiger partial charge in [-0.1, -0.05) is 35.9 Å². The van der Waals surface area contributed by atoms with Crippen LogP contribution in [-0.4, -0.2) is 28.5 Å². The summed E-state index contributed by atoms with van der Waals surface area (Å²) in [4.78, 5) is 13.0. The van der Waals surface area contributed by atoms with Crippen LogP contribution in [0.1, 0.15) is 28.9 Å². The third kappa shape index (κ3) is 5.33. The SMILES string of the molecule is COc1ccc([C@H](C)NC(=O)c2cc(NS(=O)(=O)c3ccccc3)ccc2Cl)cc1OC. The smallest absolute Gasteiger partial charge is 0.261 e. The Morgan fingerprint density at radius 2 is 1.62 bits per heavy atom. The van der Waals surface area contributed by atoms with Gasteiger partial charge in [0.05, 0.1) is 35.7 Å². The van der Waals surface area contributed by atoms with Crippen LogP contribution in [0.5, 0.6) is 11.5 Å². The zero-order chi connectivity index (χ0) is 23.3. The largest absolute Gasteiger partial charge is 0.493 e. The Hall–Kier alpha value is -3.23. The maximum Gasteiger partial charge on any atom is 0.261 e. The first-order valence-corrected chi connectivity index (χ1v) is 11.5. The van der Waals surface area contributed by atoms with Crippen LogP contribution in [0.15, 0.2) is 71.6 Å². The lowest BCUT2D eigenvalue weighted by molar-refractivity contribution is 0.0940. The summed E-state index contributed by atoms with van der Waals surface area (Å²) in [5, 5.41) is 3.07. The zero-order valence-electron chi connectivity index (χ0n) is 17.8. The van der Waals surface area contributed by atoms with Gasteiger partial charge in [0.25, 0.3) is 15.9 Å². The Balaban J connectivity index is 1.80. The highest BCUT2D eigenvalue weighted by atomic mass is 35.5. The van der Waals surface area contributed by atoms with Crippen molar-refractivity contribution in [2.24, 2.45) is 0 Å². The molecule has 0 radical (unpaired) electrons. The van der Waals surface area contributed by atoms with Gasteiger partial charge in [-0.25, -0.2) is 8.42 Å². The Kier molecular flexibility index (Phi) is 7.27. The molecule has 0 heterocycles. The van der Waals surface area contributed by atoms with Crippen LogP contribution in [0, 0.1) is 0 Å². The molecule has 0 aliphatic rings. The van der Waals surface area contributed by atoms with Gasteiger partial charge >= 0.3 is 0 Å². The fraction of sp³-hybridized carbons (Fsp3) is 0.174. The minimum absolute atomic E-state index is 0.114. The van der Waals surface area contributed by atoms with E-state index in [-0.39, 0.29) is 27.2 Å². The minimum Gasteiger partial charge on any atom is -0.493 e. The van der Waals surface area contributed by atoms with E-state index >= 15 is 0 Å². The van der Waals surface area contributed by atoms with Crippen molar-refractivity contribution in [2.45, 2.75) is 17.9 Å². The molecule has 0 fully saturated rings. The lowest BCUT2D eigenvalue weighted by Crippen LogP contribution is -2.27. The molecule has 7 nitrogen and oxygen atoms in total. The van der Waals surface area contributed by atoms with Crippen molar-refractivity contribution in [3.05, 3.63) is 82.9 Å². The van der Waals surface area contributed by atoms with Crippen molar-refractivity contribution in [3.8, 4) is 11.5 Å². The van der Waals surface area contributed by atoms with E-state index in [2.05, 4.69) is 10.0 Å². The third-order valence-electron chi connectivity index (χ3n) is 4.77. The first-order valence-electron chi connectivity index (χ1n) is 9.65. The molecular weight excluding hydrogens is 452 g/mol. The van der Waals surface area contributed by atoms with E-state index in [4.69, 9.17) is 21.1 Å². The topological polar surface area (TPSA) is 93.7 Å². The van der Waals surface area contributed by atoms with Gasteiger partial charge < -0.3 is 14.8 Å². The van der Waals surface area contributed by atoms with Gasteiger partial charge in [-0.2, -0.15) is 0 Å². The fourth-order valence-electron chi connectivity index (χ4n) is 3.06. The molecule has 32 heavy (non-hydrogen) atoms. The molecule has 0 bridgehead atoms. The summed E-state index contributed by atoms with van der Waals surface area (Å²) in [5.41, 5.74) is 1.17. The molecule has 168 valence electrons. The van der Waals surface area contributed by atoms with E-state index in [1.807, 2.05) is 13.0 Å². The number of hydrogen-bond acceptors (Lipinski definition) is 5. The number of hydrogen-bond donors (Lipinski definition) is 2. The van der Waals surface area contributed by atoms with Crippen LogP contribution >= 0.6 is 11.6 Å². The number of nitrogens with one attached hydrogen (secondary N) is 2. The van der Waals surface area contributed by atoms with Gasteiger partial charge in [0.15, 0.2) is 11.5 Å². The van der Waals surface area contributed by atoms with Crippen molar-refractivity contribution in [3.63, 3.8) is 0 Å². The van der Waals surface area contributed by atoms with Crippen LogP contribution < -0.4 is 19.5 Å². The number of ether oxygens (including phenoxy) is 2. The molecule has 1 amide bonds. The molecule has 0 aliphatic heterocycles. The molecule has 0 saturated carbocycles. The summed E-state index contributed by atoms with van der Waals surface area (Å²) in [7, 11) is -0.720. The van der Waals surface area contributed by atoms with Gasteiger partial charge in [0.1, 0.15) is 0 Å². The average Bonchev–Trinajstić information content (AvgIpc) is 2.80. The lowest BCUT2D eigenvalue weighted by Gasteiger charge is -2.17. The second kappa shape index (κ2) is 9.93. The number of anilines is 1. The van der Waals surface area contributed by atoms with Crippen LogP contribution in [0.3, 0.4) is 0 Å². The van der Waals surface area contributed by atoms with E-state index in [0.717, 1.165) is 5.56 Å². The number of amides is 1. The predicted octanol–water partition coefficient (Wildman–Crippen LogP) is 4.65. The summed E-state index contributed by atoms with van der Waals surface area (Å²) in [6.07, 6.45) is 0.